The Labute approximate surface area is 79.9 Å². The monoisotopic (exact) mass is 207 g/mol. The Bertz CT molecular complexity index is 263. The van der Waals surface area contributed by atoms with Gasteiger partial charge in [0.05, 0.1) is 0 Å². The molecule has 2 unspecified atom stereocenters. The maximum Gasteiger partial charge on any atom is 0.389 e. The zero-order chi connectivity index (χ0) is 10.4. The molecule has 14 heavy (non-hydrogen) atoms. The number of halogens is 3. The second-order valence-electron chi connectivity index (χ2n) is 4.29. The number of amides is 1. The highest BCUT2D eigenvalue weighted by Gasteiger charge is 2.55. The number of nitrogens with one attached hydrogen (secondary N) is 1. The van der Waals surface area contributed by atoms with Gasteiger partial charge in [0.15, 0.2) is 0 Å². The third kappa shape index (κ3) is 1.48. The smallest absolute Gasteiger partial charge is 0.355 e. The molecule has 1 N–H and O–H groups in total. The van der Waals surface area contributed by atoms with E-state index in [1.165, 1.54) is 0 Å². The molecule has 1 aliphatic carbocycles. The molecule has 1 heterocycles. The summed E-state index contributed by atoms with van der Waals surface area (Å²) in [6.45, 7) is 0.437. The quantitative estimate of drug-likeness (QED) is 0.735. The highest BCUT2D eigenvalue weighted by Crippen LogP contribution is 2.53. The fourth-order valence-electron chi connectivity index (χ4n) is 2.48. The first kappa shape index (κ1) is 9.80. The van der Waals surface area contributed by atoms with Gasteiger partial charge in [0.2, 0.25) is 5.91 Å². The van der Waals surface area contributed by atoms with Gasteiger partial charge in [-0.05, 0) is 24.7 Å². The molecule has 1 aliphatic heterocycles. The van der Waals surface area contributed by atoms with Crippen LogP contribution in [0.2, 0.25) is 0 Å². The van der Waals surface area contributed by atoms with E-state index in [-0.39, 0.29) is 23.7 Å². The summed E-state index contributed by atoms with van der Waals surface area (Å²) in [5, 5.41) is 2.65. The topological polar surface area (TPSA) is 29.1 Å². The van der Waals surface area contributed by atoms with Crippen LogP contribution in [-0.4, -0.2) is 18.6 Å². The molecule has 1 saturated carbocycles. The minimum Gasteiger partial charge on any atom is -0.355 e. The number of alkyl halides is 3. The molecule has 0 aromatic heterocycles. The van der Waals surface area contributed by atoms with Crippen LogP contribution in [0.25, 0.3) is 0 Å². The summed E-state index contributed by atoms with van der Waals surface area (Å²) in [5.41, 5.74) is -0.368. The average molecular weight is 207 g/mol. The molecule has 0 bridgehead atoms. The number of fused-ring (bicyclic) bond motifs is 1. The van der Waals surface area contributed by atoms with Crippen LogP contribution in [0.15, 0.2) is 0 Å². The summed E-state index contributed by atoms with van der Waals surface area (Å²) in [6.07, 6.45) is -3.25. The van der Waals surface area contributed by atoms with Crippen molar-refractivity contribution in [1.82, 2.24) is 5.32 Å². The van der Waals surface area contributed by atoms with Crippen molar-refractivity contribution in [3.05, 3.63) is 0 Å². The Morgan fingerprint density at radius 1 is 1.50 bits per heavy atom. The first-order valence-corrected chi connectivity index (χ1v) is 4.77. The van der Waals surface area contributed by atoms with Crippen LogP contribution in [0, 0.1) is 11.3 Å². The summed E-state index contributed by atoms with van der Waals surface area (Å²) in [5.74, 6) is -0.205. The van der Waals surface area contributed by atoms with Crippen molar-refractivity contribution in [2.75, 3.05) is 6.54 Å². The van der Waals surface area contributed by atoms with Gasteiger partial charge in [-0.1, -0.05) is 0 Å². The number of hydrogen-bond acceptors (Lipinski definition) is 1. The zero-order valence-electron chi connectivity index (χ0n) is 7.66. The van der Waals surface area contributed by atoms with Crippen molar-refractivity contribution >= 4 is 5.91 Å². The van der Waals surface area contributed by atoms with Gasteiger partial charge in [-0.25, -0.2) is 0 Å². The van der Waals surface area contributed by atoms with Gasteiger partial charge < -0.3 is 5.32 Å². The molecule has 1 amide bonds. The molecule has 2 aliphatic rings. The molecule has 0 aromatic rings. The van der Waals surface area contributed by atoms with Gasteiger partial charge in [0.1, 0.15) is 0 Å². The standard InChI is InChI=1S/C9H12F3NO/c10-9(11,12)4-3-8-2-1-6(8)7(14)13-5-8/h6H,1-5H2,(H,13,14). The maximum atomic E-state index is 12.0. The van der Waals surface area contributed by atoms with Crippen LogP contribution in [0.5, 0.6) is 0 Å². The van der Waals surface area contributed by atoms with E-state index in [9.17, 15) is 18.0 Å². The number of rotatable bonds is 2. The summed E-state index contributed by atoms with van der Waals surface area (Å²) in [7, 11) is 0. The fourth-order valence-corrected chi connectivity index (χ4v) is 2.48. The van der Waals surface area contributed by atoms with Crippen molar-refractivity contribution in [3.63, 3.8) is 0 Å². The molecule has 0 spiro atoms. The van der Waals surface area contributed by atoms with Gasteiger partial charge in [-0.3, -0.25) is 4.79 Å². The molecule has 0 radical (unpaired) electrons. The van der Waals surface area contributed by atoms with Crippen LogP contribution in [0.4, 0.5) is 13.2 Å². The maximum absolute atomic E-state index is 12.0. The SMILES string of the molecule is O=C1NCC2(CCC(F)(F)F)CCC12. The van der Waals surface area contributed by atoms with E-state index >= 15 is 0 Å². The fraction of sp³-hybridized carbons (Fsp3) is 0.889. The third-order valence-corrected chi connectivity index (χ3v) is 3.51. The van der Waals surface area contributed by atoms with E-state index in [4.69, 9.17) is 0 Å². The molecule has 5 heteroatoms. The number of carbonyl (C=O) groups is 1. The Morgan fingerprint density at radius 3 is 2.64 bits per heavy atom. The van der Waals surface area contributed by atoms with Crippen LogP contribution in [-0.2, 0) is 4.79 Å². The molecule has 2 atom stereocenters. The summed E-state index contributed by atoms with van der Waals surface area (Å²) < 4.78 is 36.1. The van der Waals surface area contributed by atoms with Crippen LogP contribution >= 0.6 is 0 Å². The second kappa shape index (κ2) is 2.87. The van der Waals surface area contributed by atoms with Gasteiger partial charge in [0, 0.05) is 18.9 Å². The van der Waals surface area contributed by atoms with Crippen molar-refractivity contribution in [2.24, 2.45) is 11.3 Å². The van der Waals surface area contributed by atoms with E-state index in [0.717, 1.165) is 12.8 Å². The van der Waals surface area contributed by atoms with Crippen molar-refractivity contribution in [2.45, 2.75) is 31.9 Å². The first-order valence-electron chi connectivity index (χ1n) is 4.77. The van der Waals surface area contributed by atoms with E-state index < -0.39 is 12.6 Å². The lowest BCUT2D eigenvalue weighted by atomic mass is 9.60. The van der Waals surface area contributed by atoms with Gasteiger partial charge >= 0.3 is 6.18 Å². The summed E-state index contributed by atoms with van der Waals surface area (Å²) in [4.78, 5) is 11.2. The highest BCUT2D eigenvalue weighted by molar-refractivity contribution is 5.83. The minimum atomic E-state index is -4.10. The van der Waals surface area contributed by atoms with E-state index in [0.29, 0.717) is 6.54 Å². The molecule has 80 valence electrons. The lowest BCUT2D eigenvalue weighted by Gasteiger charge is -2.42. The second-order valence-corrected chi connectivity index (χ2v) is 4.29. The van der Waals surface area contributed by atoms with Crippen LogP contribution < -0.4 is 5.32 Å². The third-order valence-electron chi connectivity index (χ3n) is 3.51. The minimum absolute atomic E-state index is 0.0570. The molecule has 2 rings (SSSR count). The van der Waals surface area contributed by atoms with Crippen molar-refractivity contribution < 1.29 is 18.0 Å². The molecular weight excluding hydrogens is 195 g/mol. The lowest BCUT2D eigenvalue weighted by Crippen LogP contribution is -2.41. The summed E-state index contributed by atoms with van der Waals surface area (Å²) >= 11 is 0. The van der Waals surface area contributed by atoms with E-state index in [1.807, 2.05) is 0 Å². The van der Waals surface area contributed by atoms with E-state index in [2.05, 4.69) is 5.32 Å². The Kier molecular flexibility index (Phi) is 2.01. The van der Waals surface area contributed by atoms with Crippen LogP contribution in [0.1, 0.15) is 25.7 Å². The molecular formula is C9H12F3NO. The largest absolute Gasteiger partial charge is 0.389 e. The zero-order valence-corrected chi connectivity index (χ0v) is 7.66. The van der Waals surface area contributed by atoms with Crippen molar-refractivity contribution in [1.29, 1.82) is 0 Å². The normalized spacial score (nSPS) is 36.2. The predicted octanol–water partition coefficient (Wildman–Crippen LogP) is 1.86. The first-order chi connectivity index (χ1) is 6.43. The predicted molar refractivity (Wildman–Crippen MR) is 43.5 cm³/mol. The number of carbonyl (C=O) groups excluding carboxylic acids is 1. The lowest BCUT2D eigenvalue weighted by molar-refractivity contribution is -0.148. The Balaban J connectivity index is 1.95. The molecule has 0 aromatic carbocycles. The van der Waals surface area contributed by atoms with Gasteiger partial charge in [-0.2, -0.15) is 13.2 Å². The molecule has 2 nitrogen and oxygen atoms in total. The average Bonchev–Trinajstić information content (AvgIpc) is 2.19. The van der Waals surface area contributed by atoms with E-state index in [1.54, 1.807) is 0 Å². The highest BCUT2D eigenvalue weighted by atomic mass is 19.4. The summed E-state index contributed by atoms with van der Waals surface area (Å²) in [6, 6.07) is 0. The number of hydrogen-bond donors (Lipinski definition) is 1. The van der Waals surface area contributed by atoms with Crippen LogP contribution in [0.3, 0.4) is 0 Å². The Hall–Kier alpha value is -0.740. The van der Waals surface area contributed by atoms with Gasteiger partial charge in [0.25, 0.3) is 0 Å². The Morgan fingerprint density at radius 2 is 2.21 bits per heavy atom. The van der Waals surface area contributed by atoms with Gasteiger partial charge in [-0.15, -0.1) is 0 Å². The molecule has 1 saturated heterocycles. The molecule has 2 fully saturated rings. The van der Waals surface area contributed by atoms with Crippen molar-refractivity contribution in [3.8, 4) is 0 Å².